The van der Waals surface area contributed by atoms with Crippen LogP contribution in [0.2, 0.25) is 0 Å². The third-order valence-electron chi connectivity index (χ3n) is 3.26. The van der Waals surface area contributed by atoms with Crippen molar-refractivity contribution in [3.63, 3.8) is 0 Å². The Morgan fingerprint density at radius 1 is 1.08 bits per heavy atom. The van der Waals surface area contributed by atoms with Gasteiger partial charge in [-0.2, -0.15) is 0 Å². The number of rotatable bonds is 8. The average Bonchev–Trinajstić information content (AvgIpc) is 2.52. The van der Waals surface area contributed by atoms with E-state index in [1.165, 1.54) is 6.92 Å². The minimum absolute atomic E-state index is 0.0894. The molecule has 0 fully saturated rings. The summed E-state index contributed by atoms with van der Waals surface area (Å²) in [6.45, 7) is 5.29. The second-order valence-corrected chi connectivity index (χ2v) is 5.96. The van der Waals surface area contributed by atoms with Gasteiger partial charge in [0.2, 0.25) is 5.91 Å². The second kappa shape index (κ2) is 9.54. The van der Waals surface area contributed by atoms with E-state index in [1.807, 2.05) is 44.2 Å². The Balaban J connectivity index is 2.44. The van der Waals surface area contributed by atoms with E-state index >= 15 is 0 Å². The van der Waals surface area contributed by atoms with Crippen molar-refractivity contribution in [3.8, 4) is 0 Å². The van der Waals surface area contributed by atoms with Gasteiger partial charge in [-0.25, -0.2) is 9.59 Å². The minimum Gasteiger partial charge on any atom is -0.480 e. The summed E-state index contributed by atoms with van der Waals surface area (Å²) in [6, 6.07) is 7.25. The molecule has 2 atom stereocenters. The zero-order valence-electron chi connectivity index (χ0n) is 14.1. The third kappa shape index (κ3) is 7.13. The first-order chi connectivity index (χ1) is 11.3. The van der Waals surface area contributed by atoms with Crippen molar-refractivity contribution >= 4 is 18.0 Å². The number of alkyl carbamates (subject to hydrolysis) is 1. The fourth-order valence-corrected chi connectivity index (χ4v) is 2.00. The fraction of sp³-hybridized carbons (Fsp3) is 0.471. The van der Waals surface area contributed by atoms with Crippen molar-refractivity contribution in [1.82, 2.24) is 10.6 Å². The maximum Gasteiger partial charge on any atom is 0.408 e. The molecule has 3 N–H and O–H groups in total. The number of hydrogen-bond donors (Lipinski definition) is 3. The van der Waals surface area contributed by atoms with E-state index in [4.69, 9.17) is 9.84 Å². The van der Waals surface area contributed by atoms with Crippen molar-refractivity contribution in [2.75, 3.05) is 0 Å². The molecular formula is C17H24N2O5. The van der Waals surface area contributed by atoms with Crippen LogP contribution >= 0.6 is 0 Å². The smallest absolute Gasteiger partial charge is 0.408 e. The summed E-state index contributed by atoms with van der Waals surface area (Å²) in [6.07, 6.45) is -0.427. The van der Waals surface area contributed by atoms with E-state index in [-0.39, 0.29) is 12.5 Å². The normalized spacial score (nSPS) is 13.0. The fourth-order valence-electron chi connectivity index (χ4n) is 2.00. The Bertz CT molecular complexity index is 559. The number of benzene rings is 1. The molecule has 0 spiro atoms. The Morgan fingerprint density at radius 3 is 2.25 bits per heavy atom. The molecule has 2 amide bonds. The van der Waals surface area contributed by atoms with Crippen LogP contribution in [-0.2, 0) is 20.9 Å². The van der Waals surface area contributed by atoms with Crippen LogP contribution in [0.4, 0.5) is 4.79 Å². The first-order valence-electron chi connectivity index (χ1n) is 7.80. The number of aliphatic carboxylic acids is 1. The van der Waals surface area contributed by atoms with Crippen molar-refractivity contribution < 1.29 is 24.2 Å². The van der Waals surface area contributed by atoms with Crippen molar-refractivity contribution in [1.29, 1.82) is 0 Å². The van der Waals surface area contributed by atoms with Crippen LogP contribution in [0.5, 0.6) is 0 Å². The molecule has 7 nitrogen and oxygen atoms in total. The summed E-state index contributed by atoms with van der Waals surface area (Å²) < 4.78 is 5.02. The number of carbonyl (C=O) groups excluding carboxylic acids is 2. The minimum atomic E-state index is -1.10. The molecule has 0 bridgehead atoms. The molecule has 1 rings (SSSR count). The molecule has 0 aliphatic heterocycles. The topological polar surface area (TPSA) is 105 Å². The van der Waals surface area contributed by atoms with Gasteiger partial charge >= 0.3 is 12.1 Å². The largest absolute Gasteiger partial charge is 0.480 e. The van der Waals surface area contributed by atoms with Crippen molar-refractivity contribution in [3.05, 3.63) is 35.9 Å². The summed E-state index contributed by atoms with van der Waals surface area (Å²) in [5.74, 6) is -1.55. The van der Waals surface area contributed by atoms with E-state index < -0.39 is 30.1 Å². The van der Waals surface area contributed by atoms with Gasteiger partial charge in [-0.3, -0.25) is 4.79 Å². The quantitative estimate of drug-likeness (QED) is 0.673. The number of carboxylic acid groups (broad SMARTS) is 1. The predicted octanol–water partition coefficient (Wildman–Crippen LogP) is 1.92. The molecule has 0 aliphatic rings. The SMILES string of the molecule is CC(C)C[C@@H](NC(=O)[C@@H](C)NC(=O)OCc1ccccc1)C(=O)O. The predicted molar refractivity (Wildman–Crippen MR) is 88.2 cm³/mol. The number of amides is 2. The number of nitrogens with one attached hydrogen (secondary N) is 2. The molecule has 1 aromatic rings. The Morgan fingerprint density at radius 2 is 1.71 bits per heavy atom. The molecule has 0 saturated carbocycles. The lowest BCUT2D eigenvalue weighted by Crippen LogP contribution is -2.50. The van der Waals surface area contributed by atoms with Gasteiger partial charge < -0.3 is 20.5 Å². The van der Waals surface area contributed by atoms with Crippen LogP contribution in [0.1, 0.15) is 32.8 Å². The summed E-state index contributed by atoms with van der Waals surface area (Å²) in [5, 5.41) is 13.9. The van der Waals surface area contributed by atoms with E-state index in [0.717, 1.165) is 5.56 Å². The number of hydrogen-bond acceptors (Lipinski definition) is 4. The maximum atomic E-state index is 12.0. The lowest BCUT2D eigenvalue weighted by atomic mass is 10.0. The van der Waals surface area contributed by atoms with E-state index in [1.54, 1.807) is 0 Å². The molecule has 0 unspecified atom stereocenters. The summed E-state index contributed by atoms with van der Waals surface area (Å²) in [7, 11) is 0. The molecule has 0 radical (unpaired) electrons. The standard InChI is InChI=1S/C17H24N2O5/c1-11(2)9-14(16(21)22)19-15(20)12(3)18-17(23)24-10-13-7-5-4-6-8-13/h4-8,11-12,14H,9-10H2,1-3H3,(H,18,23)(H,19,20)(H,21,22)/t12-,14-/m1/s1. The molecule has 0 saturated heterocycles. The highest BCUT2D eigenvalue weighted by molar-refractivity contribution is 5.88. The maximum absolute atomic E-state index is 12.0. The Hall–Kier alpha value is -2.57. The highest BCUT2D eigenvalue weighted by Crippen LogP contribution is 2.05. The monoisotopic (exact) mass is 336 g/mol. The number of carbonyl (C=O) groups is 3. The van der Waals surface area contributed by atoms with E-state index in [2.05, 4.69) is 10.6 Å². The molecule has 1 aromatic carbocycles. The lowest BCUT2D eigenvalue weighted by molar-refractivity contribution is -0.142. The highest BCUT2D eigenvalue weighted by Gasteiger charge is 2.24. The molecule has 0 aromatic heterocycles. The van der Waals surface area contributed by atoms with Gasteiger partial charge in [0, 0.05) is 0 Å². The molecule has 132 valence electrons. The van der Waals surface area contributed by atoms with E-state index in [0.29, 0.717) is 6.42 Å². The van der Waals surface area contributed by atoms with Gasteiger partial charge in [-0.1, -0.05) is 44.2 Å². The van der Waals surface area contributed by atoms with Crippen LogP contribution in [0.3, 0.4) is 0 Å². The van der Waals surface area contributed by atoms with Crippen LogP contribution < -0.4 is 10.6 Å². The van der Waals surface area contributed by atoms with Gasteiger partial charge in [0.1, 0.15) is 18.7 Å². The summed E-state index contributed by atoms with van der Waals surface area (Å²) >= 11 is 0. The number of carboxylic acids is 1. The zero-order chi connectivity index (χ0) is 18.1. The first-order valence-corrected chi connectivity index (χ1v) is 7.80. The van der Waals surface area contributed by atoms with Crippen LogP contribution in [0, 0.1) is 5.92 Å². The van der Waals surface area contributed by atoms with Gasteiger partial charge in [0.05, 0.1) is 0 Å². The van der Waals surface area contributed by atoms with Crippen LogP contribution in [0.15, 0.2) is 30.3 Å². The highest BCUT2D eigenvalue weighted by atomic mass is 16.5. The first kappa shape index (κ1) is 19.5. The molecular weight excluding hydrogens is 312 g/mol. The molecule has 24 heavy (non-hydrogen) atoms. The van der Waals surface area contributed by atoms with Crippen LogP contribution in [0.25, 0.3) is 0 Å². The Kier molecular flexibility index (Phi) is 7.74. The second-order valence-electron chi connectivity index (χ2n) is 5.96. The zero-order valence-corrected chi connectivity index (χ0v) is 14.1. The van der Waals surface area contributed by atoms with Gasteiger partial charge in [0.25, 0.3) is 0 Å². The average molecular weight is 336 g/mol. The molecule has 0 heterocycles. The molecule has 7 heteroatoms. The summed E-state index contributed by atoms with van der Waals surface area (Å²) in [5.41, 5.74) is 0.827. The lowest BCUT2D eigenvalue weighted by Gasteiger charge is -2.19. The van der Waals surface area contributed by atoms with Gasteiger partial charge in [0.15, 0.2) is 0 Å². The Labute approximate surface area is 141 Å². The van der Waals surface area contributed by atoms with E-state index in [9.17, 15) is 14.4 Å². The molecule has 0 aliphatic carbocycles. The van der Waals surface area contributed by atoms with Crippen LogP contribution in [-0.4, -0.2) is 35.2 Å². The van der Waals surface area contributed by atoms with Crippen molar-refractivity contribution in [2.24, 2.45) is 5.92 Å². The van der Waals surface area contributed by atoms with Gasteiger partial charge in [-0.05, 0) is 24.8 Å². The summed E-state index contributed by atoms with van der Waals surface area (Å²) in [4.78, 5) is 34.9. The van der Waals surface area contributed by atoms with Crippen molar-refractivity contribution in [2.45, 2.75) is 45.9 Å². The third-order valence-corrected chi connectivity index (χ3v) is 3.26. The van der Waals surface area contributed by atoms with Gasteiger partial charge in [-0.15, -0.1) is 0 Å². The number of ether oxygens (including phenoxy) is 1.